The van der Waals surface area contributed by atoms with Gasteiger partial charge in [-0.15, -0.1) is 0 Å². The van der Waals surface area contributed by atoms with Crippen LogP contribution < -0.4 is 0 Å². The zero-order valence-electron chi connectivity index (χ0n) is 12.5. The molecule has 3 heterocycles. The molecule has 0 saturated carbocycles. The minimum atomic E-state index is -0.349. The third-order valence-corrected chi connectivity index (χ3v) is 4.17. The predicted molar refractivity (Wildman–Crippen MR) is 78.4 cm³/mol. The molecule has 3 rings (SSSR count). The number of rotatable bonds is 3. The van der Waals surface area contributed by atoms with Gasteiger partial charge < -0.3 is 9.64 Å². The number of methoxy groups -OCH3 is 1. The fourth-order valence-electron chi connectivity index (χ4n) is 2.82. The number of fused-ring (bicyclic) bond motifs is 1. The molecule has 0 radical (unpaired) electrons. The molecule has 1 fully saturated rings. The molecule has 6 nitrogen and oxygen atoms in total. The molecule has 1 saturated heterocycles. The second-order valence-corrected chi connectivity index (χ2v) is 5.39. The van der Waals surface area contributed by atoms with Crippen molar-refractivity contribution in [3.8, 4) is 0 Å². The molecular formula is C15H20N4O2. The van der Waals surface area contributed by atoms with Crippen molar-refractivity contribution < 1.29 is 9.53 Å². The summed E-state index contributed by atoms with van der Waals surface area (Å²) in [6, 6.07) is 3.43. The van der Waals surface area contributed by atoms with Crippen LogP contribution >= 0.6 is 0 Å². The second kappa shape index (κ2) is 5.81. The molecule has 112 valence electrons. The lowest BCUT2D eigenvalue weighted by molar-refractivity contribution is 0.0600. The first-order valence-electron chi connectivity index (χ1n) is 7.38. The summed E-state index contributed by atoms with van der Waals surface area (Å²) in [4.78, 5) is 18.6. The van der Waals surface area contributed by atoms with Crippen LogP contribution in [0, 0.1) is 0 Å². The summed E-state index contributed by atoms with van der Waals surface area (Å²) in [6.07, 6.45) is 3.95. The van der Waals surface area contributed by atoms with Gasteiger partial charge >= 0.3 is 5.97 Å². The number of carbonyl (C=O) groups is 1. The van der Waals surface area contributed by atoms with Gasteiger partial charge in [0.1, 0.15) is 0 Å². The Labute approximate surface area is 123 Å². The van der Waals surface area contributed by atoms with Crippen LogP contribution in [0.25, 0.3) is 5.65 Å². The zero-order valence-corrected chi connectivity index (χ0v) is 12.5. The largest absolute Gasteiger partial charge is 0.465 e. The number of hydrogen-bond acceptors (Lipinski definition) is 5. The Balaban J connectivity index is 1.83. The average Bonchev–Trinajstić information content (AvgIpc) is 2.97. The minimum Gasteiger partial charge on any atom is -0.465 e. The molecule has 0 amide bonds. The summed E-state index contributed by atoms with van der Waals surface area (Å²) < 4.78 is 6.46. The maximum atomic E-state index is 11.5. The molecule has 0 unspecified atom stereocenters. The van der Waals surface area contributed by atoms with Crippen LogP contribution in [0.1, 0.15) is 41.9 Å². The summed E-state index contributed by atoms with van der Waals surface area (Å²) >= 11 is 0. The monoisotopic (exact) mass is 288 g/mol. The Hall–Kier alpha value is -1.95. The fourth-order valence-corrected chi connectivity index (χ4v) is 2.82. The Bertz CT molecular complexity index is 644. The summed E-state index contributed by atoms with van der Waals surface area (Å²) in [5.74, 6) is 0.945. The first-order chi connectivity index (χ1) is 10.2. The number of piperidine rings is 1. The Kier molecular flexibility index (Phi) is 3.88. The molecule has 0 N–H and O–H groups in total. The van der Waals surface area contributed by atoms with Gasteiger partial charge in [-0.05, 0) is 44.6 Å². The maximum absolute atomic E-state index is 11.5. The number of aromatic nitrogens is 3. The van der Waals surface area contributed by atoms with Crippen LogP contribution in [0.3, 0.4) is 0 Å². The highest BCUT2D eigenvalue weighted by Crippen LogP contribution is 2.25. The van der Waals surface area contributed by atoms with E-state index in [2.05, 4.69) is 21.9 Å². The van der Waals surface area contributed by atoms with Gasteiger partial charge in [-0.2, -0.15) is 5.10 Å². The Morgan fingerprint density at radius 2 is 2.19 bits per heavy atom. The van der Waals surface area contributed by atoms with E-state index in [0.717, 1.165) is 38.3 Å². The van der Waals surface area contributed by atoms with E-state index in [1.807, 2.05) is 0 Å². The van der Waals surface area contributed by atoms with Crippen molar-refractivity contribution in [1.29, 1.82) is 0 Å². The number of carbonyl (C=O) groups excluding carboxylic acids is 1. The number of ether oxygens (including phenoxy) is 1. The molecule has 1 aliphatic heterocycles. The maximum Gasteiger partial charge on any atom is 0.338 e. The summed E-state index contributed by atoms with van der Waals surface area (Å²) in [5.41, 5.74) is 1.20. The highest BCUT2D eigenvalue weighted by molar-refractivity contribution is 5.90. The number of esters is 1. The molecule has 0 atom stereocenters. The lowest BCUT2D eigenvalue weighted by Gasteiger charge is -2.29. The van der Waals surface area contributed by atoms with Crippen LogP contribution in [-0.4, -0.2) is 52.2 Å². The molecule has 0 bridgehead atoms. The number of nitrogens with zero attached hydrogens (tertiary/aromatic N) is 4. The van der Waals surface area contributed by atoms with Crippen molar-refractivity contribution in [3.63, 3.8) is 0 Å². The quantitative estimate of drug-likeness (QED) is 0.805. The van der Waals surface area contributed by atoms with Crippen LogP contribution in [0.4, 0.5) is 0 Å². The smallest absolute Gasteiger partial charge is 0.338 e. The van der Waals surface area contributed by atoms with Crippen LogP contribution in [0.15, 0.2) is 18.3 Å². The van der Waals surface area contributed by atoms with Gasteiger partial charge in [0.15, 0.2) is 11.5 Å². The molecule has 2 aromatic rings. The standard InChI is InChI=1S/C15H20N4O2/c1-3-18-7-4-11(5-8-18)14-16-13-10-12(15(20)21-2)6-9-19(13)17-14/h6,9-11H,3-5,7-8H2,1-2H3. The van der Waals surface area contributed by atoms with Gasteiger partial charge in [-0.3, -0.25) is 0 Å². The van der Waals surface area contributed by atoms with Crippen molar-refractivity contribution in [3.05, 3.63) is 29.7 Å². The lowest BCUT2D eigenvalue weighted by Crippen LogP contribution is -2.32. The van der Waals surface area contributed by atoms with E-state index in [9.17, 15) is 4.79 Å². The van der Waals surface area contributed by atoms with Crippen molar-refractivity contribution in [1.82, 2.24) is 19.5 Å². The van der Waals surface area contributed by atoms with Gasteiger partial charge in [0.2, 0.25) is 0 Å². The van der Waals surface area contributed by atoms with Crippen LogP contribution in [-0.2, 0) is 4.74 Å². The normalized spacial score (nSPS) is 17.2. The second-order valence-electron chi connectivity index (χ2n) is 5.39. The third-order valence-electron chi connectivity index (χ3n) is 4.17. The van der Waals surface area contributed by atoms with E-state index >= 15 is 0 Å². The summed E-state index contributed by atoms with van der Waals surface area (Å²) in [5, 5.41) is 4.55. The SMILES string of the molecule is CCN1CCC(c2nc3cc(C(=O)OC)ccn3n2)CC1. The van der Waals surface area contributed by atoms with Crippen LogP contribution in [0.2, 0.25) is 0 Å². The third kappa shape index (κ3) is 2.76. The van der Waals surface area contributed by atoms with Crippen molar-refractivity contribution in [2.75, 3.05) is 26.7 Å². The van der Waals surface area contributed by atoms with Gasteiger partial charge in [0, 0.05) is 12.1 Å². The molecular weight excluding hydrogens is 268 g/mol. The first-order valence-corrected chi connectivity index (χ1v) is 7.38. The molecule has 0 spiro atoms. The molecule has 21 heavy (non-hydrogen) atoms. The topological polar surface area (TPSA) is 59.7 Å². The van der Waals surface area contributed by atoms with E-state index in [0.29, 0.717) is 17.1 Å². The molecule has 1 aliphatic rings. The molecule has 2 aromatic heterocycles. The van der Waals surface area contributed by atoms with E-state index < -0.39 is 0 Å². The lowest BCUT2D eigenvalue weighted by atomic mass is 9.96. The zero-order chi connectivity index (χ0) is 14.8. The number of hydrogen-bond donors (Lipinski definition) is 0. The summed E-state index contributed by atoms with van der Waals surface area (Å²) in [7, 11) is 1.38. The predicted octanol–water partition coefficient (Wildman–Crippen LogP) is 1.72. The van der Waals surface area contributed by atoms with Gasteiger partial charge in [-0.25, -0.2) is 14.3 Å². The fraction of sp³-hybridized carbons (Fsp3) is 0.533. The summed E-state index contributed by atoms with van der Waals surface area (Å²) in [6.45, 7) is 5.50. The molecule has 0 aliphatic carbocycles. The average molecular weight is 288 g/mol. The number of likely N-dealkylation sites (tertiary alicyclic amines) is 1. The van der Waals surface area contributed by atoms with E-state index in [1.165, 1.54) is 7.11 Å². The first kappa shape index (κ1) is 14.0. The Morgan fingerprint density at radius 1 is 1.43 bits per heavy atom. The Morgan fingerprint density at radius 3 is 2.86 bits per heavy atom. The van der Waals surface area contributed by atoms with Crippen LogP contribution in [0.5, 0.6) is 0 Å². The van der Waals surface area contributed by atoms with E-state index in [4.69, 9.17) is 4.74 Å². The van der Waals surface area contributed by atoms with Crippen molar-refractivity contribution in [2.24, 2.45) is 0 Å². The van der Waals surface area contributed by atoms with Gasteiger partial charge in [0.25, 0.3) is 0 Å². The highest BCUT2D eigenvalue weighted by atomic mass is 16.5. The van der Waals surface area contributed by atoms with E-state index in [1.54, 1.807) is 22.8 Å². The van der Waals surface area contributed by atoms with E-state index in [-0.39, 0.29) is 5.97 Å². The van der Waals surface area contributed by atoms with Crippen molar-refractivity contribution >= 4 is 11.6 Å². The van der Waals surface area contributed by atoms with Crippen molar-refractivity contribution in [2.45, 2.75) is 25.7 Å². The van der Waals surface area contributed by atoms with Gasteiger partial charge in [0.05, 0.1) is 12.7 Å². The van der Waals surface area contributed by atoms with Gasteiger partial charge in [-0.1, -0.05) is 6.92 Å². The number of pyridine rings is 1. The molecule has 0 aromatic carbocycles. The highest BCUT2D eigenvalue weighted by Gasteiger charge is 2.23. The molecule has 6 heteroatoms. The minimum absolute atomic E-state index is 0.349.